The molecule has 2 N–H and O–H groups in total. The monoisotopic (exact) mass is 379 g/mol. The number of likely N-dealkylation sites (tertiary alicyclic amines) is 1. The molecule has 146 valence electrons. The number of nitrogens with zero attached hydrogens (tertiary/aromatic N) is 1. The zero-order valence-electron chi connectivity index (χ0n) is 15.3. The highest BCUT2D eigenvalue weighted by atomic mass is 16.5. The summed E-state index contributed by atoms with van der Waals surface area (Å²) in [6, 6.07) is 3.27. The number of hydrogen-bond donors (Lipinski definition) is 2. The van der Waals surface area contributed by atoms with Crippen LogP contribution in [0.2, 0.25) is 0 Å². The first-order valence-corrected chi connectivity index (χ1v) is 8.28. The van der Waals surface area contributed by atoms with Crippen molar-refractivity contribution in [2.24, 2.45) is 10.8 Å². The van der Waals surface area contributed by atoms with E-state index in [9.17, 15) is 24.6 Å². The Kier molecular flexibility index (Phi) is 4.41. The van der Waals surface area contributed by atoms with Crippen LogP contribution in [0.1, 0.15) is 12.0 Å². The molecule has 1 aliphatic heterocycles. The Balaban J connectivity index is 1.81. The summed E-state index contributed by atoms with van der Waals surface area (Å²) in [5.74, 6) is -1.51. The molecular weight excluding hydrogens is 358 g/mol. The standard InChI is InChI=1S/C18H21NO8/c1-25-11-4-10(5-12(26-2)14(11)27-3)6-13(20)19-8-17(15(21)22)7-18(17,9-19)16(23)24/h4-5H,6-9H2,1-3H3,(H,21,22)(H,23,24)/t17-,18+. The molecular formula is C18H21NO8. The highest BCUT2D eigenvalue weighted by molar-refractivity contribution is 5.96. The molecule has 0 aromatic heterocycles. The van der Waals surface area contributed by atoms with E-state index in [2.05, 4.69) is 0 Å². The maximum Gasteiger partial charge on any atom is 0.312 e. The summed E-state index contributed by atoms with van der Waals surface area (Å²) in [6.45, 7) is -0.199. The summed E-state index contributed by atoms with van der Waals surface area (Å²) in [7, 11) is 4.40. The van der Waals surface area contributed by atoms with Crippen molar-refractivity contribution in [3.8, 4) is 17.2 Å². The van der Waals surface area contributed by atoms with Gasteiger partial charge in [0.1, 0.15) is 10.8 Å². The minimum Gasteiger partial charge on any atom is -0.493 e. The van der Waals surface area contributed by atoms with Crippen molar-refractivity contribution in [1.82, 2.24) is 4.90 Å². The first-order chi connectivity index (χ1) is 12.7. The Bertz CT molecular complexity index is 769. The maximum atomic E-state index is 12.7. The third-order valence-electron chi connectivity index (χ3n) is 5.57. The molecule has 1 aromatic carbocycles. The molecule has 0 bridgehead atoms. The minimum absolute atomic E-state index is 0.0396. The van der Waals surface area contributed by atoms with Gasteiger partial charge in [0.25, 0.3) is 0 Å². The number of carboxylic acid groups (broad SMARTS) is 2. The van der Waals surface area contributed by atoms with Crippen molar-refractivity contribution in [3.63, 3.8) is 0 Å². The van der Waals surface area contributed by atoms with Gasteiger partial charge in [-0.05, 0) is 24.1 Å². The second-order valence-electron chi connectivity index (χ2n) is 6.91. The van der Waals surface area contributed by atoms with E-state index in [1.54, 1.807) is 12.1 Å². The molecule has 1 saturated carbocycles. The number of rotatable bonds is 7. The van der Waals surface area contributed by atoms with Crippen molar-refractivity contribution < 1.29 is 38.8 Å². The number of ether oxygens (including phenoxy) is 3. The Hall–Kier alpha value is -2.97. The Morgan fingerprint density at radius 2 is 1.44 bits per heavy atom. The topological polar surface area (TPSA) is 123 Å². The summed E-state index contributed by atoms with van der Waals surface area (Å²) >= 11 is 0. The van der Waals surface area contributed by atoms with Crippen molar-refractivity contribution in [1.29, 1.82) is 0 Å². The second-order valence-corrected chi connectivity index (χ2v) is 6.91. The number of hydrogen-bond acceptors (Lipinski definition) is 6. The molecule has 0 spiro atoms. The molecule has 27 heavy (non-hydrogen) atoms. The van der Waals surface area contributed by atoms with Crippen molar-refractivity contribution in [3.05, 3.63) is 17.7 Å². The molecule has 0 unspecified atom stereocenters. The highest BCUT2D eigenvalue weighted by Gasteiger charge is 2.81. The van der Waals surface area contributed by atoms with E-state index in [4.69, 9.17) is 14.2 Å². The van der Waals surface area contributed by atoms with E-state index in [0.717, 1.165) is 0 Å². The minimum atomic E-state index is -1.39. The Morgan fingerprint density at radius 3 is 1.81 bits per heavy atom. The zero-order chi connectivity index (χ0) is 20.0. The van der Waals surface area contributed by atoms with Gasteiger partial charge in [-0.25, -0.2) is 0 Å². The van der Waals surface area contributed by atoms with Crippen LogP contribution in [0, 0.1) is 10.8 Å². The molecule has 2 atom stereocenters. The van der Waals surface area contributed by atoms with Crippen LogP contribution in [0.3, 0.4) is 0 Å². The lowest BCUT2D eigenvalue weighted by Gasteiger charge is -2.21. The fourth-order valence-corrected chi connectivity index (χ4v) is 3.99. The first kappa shape index (κ1) is 18.8. The van der Waals surface area contributed by atoms with Crippen LogP contribution >= 0.6 is 0 Å². The molecule has 1 aromatic rings. The first-order valence-electron chi connectivity index (χ1n) is 8.28. The van der Waals surface area contributed by atoms with E-state index in [1.807, 2.05) is 0 Å². The van der Waals surface area contributed by atoms with Gasteiger partial charge in [-0.1, -0.05) is 0 Å². The van der Waals surface area contributed by atoms with Gasteiger partial charge in [-0.15, -0.1) is 0 Å². The molecule has 9 nitrogen and oxygen atoms in total. The van der Waals surface area contributed by atoms with Crippen LogP contribution < -0.4 is 14.2 Å². The third kappa shape index (κ3) is 2.65. The summed E-state index contributed by atoms with van der Waals surface area (Å²) in [5.41, 5.74) is -2.18. The molecule has 1 heterocycles. The van der Waals surface area contributed by atoms with Crippen molar-refractivity contribution in [2.45, 2.75) is 12.8 Å². The molecule has 3 rings (SSSR count). The number of carbonyl (C=O) groups is 3. The average molecular weight is 379 g/mol. The van der Waals surface area contributed by atoms with E-state index >= 15 is 0 Å². The number of benzene rings is 1. The smallest absolute Gasteiger partial charge is 0.312 e. The van der Waals surface area contributed by atoms with E-state index < -0.39 is 22.8 Å². The molecule has 0 radical (unpaired) electrons. The fourth-order valence-electron chi connectivity index (χ4n) is 3.99. The van der Waals surface area contributed by atoms with Crippen molar-refractivity contribution >= 4 is 17.8 Å². The molecule has 2 fully saturated rings. The van der Waals surface area contributed by atoms with Gasteiger partial charge in [0.15, 0.2) is 11.5 Å². The van der Waals surface area contributed by atoms with E-state index in [1.165, 1.54) is 26.2 Å². The maximum absolute atomic E-state index is 12.7. The van der Waals surface area contributed by atoms with Crippen LogP contribution in [0.5, 0.6) is 17.2 Å². The summed E-state index contributed by atoms with van der Waals surface area (Å²) in [5, 5.41) is 18.9. The lowest BCUT2D eigenvalue weighted by Crippen LogP contribution is -2.35. The third-order valence-corrected chi connectivity index (χ3v) is 5.57. The number of carbonyl (C=O) groups excluding carboxylic acids is 1. The highest BCUT2D eigenvalue weighted by Crippen LogP contribution is 2.68. The Morgan fingerprint density at radius 1 is 0.963 bits per heavy atom. The van der Waals surface area contributed by atoms with Gasteiger partial charge in [0, 0.05) is 13.1 Å². The summed E-state index contributed by atoms with van der Waals surface area (Å²) in [6.07, 6.45) is 0.0146. The number of amides is 1. The van der Waals surface area contributed by atoms with Crippen LogP contribution in [0.4, 0.5) is 0 Å². The van der Waals surface area contributed by atoms with Crippen LogP contribution in [-0.2, 0) is 20.8 Å². The average Bonchev–Trinajstić information content (AvgIpc) is 3.18. The van der Waals surface area contributed by atoms with E-state index in [0.29, 0.717) is 22.8 Å². The number of fused-ring (bicyclic) bond motifs is 1. The van der Waals surface area contributed by atoms with Crippen LogP contribution in [0.15, 0.2) is 12.1 Å². The van der Waals surface area contributed by atoms with Gasteiger partial charge in [0.2, 0.25) is 11.7 Å². The molecule has 2 aliphatic rings. The normalized spacial score (nSPS) is 25.5. The summed E-state index contributed by atoms with van der Waals surface area (Å²) in [4.78, 5) is 37.2. The number of aliphatic carboxylic acids is 2. The van der Waals surface area contributed by atoms with Crippen molar-refractivity contribution in [2.75, 3.05) is 34.4 Å². The SMILES string of the molecule is COc1cc(CC(=O)N2C[C@@]3(C(=O)O)C[C@@]3(C(=O)O)C2)cc(OC)c1OC. The lowest BCUT2D eigenvalue weighted by molar-refractivity contribution is -0.151. The molecule has 9 heteroatoms. The van der Waals surface area contributed by atoms with Gasteiger partial charge in [0.05, 0.1) is 27.8 Å². The second kappa shape index (κ2) is 6.33. The zero-order valence-corrected chi connectivity index (χ0v) is 15.3. The summed E-state index contributed by atoms with van der Waals surface area (Å²) < 4.78 is 15.8. The predicted octanol–water partition coefficient (Wildman–Crippen LogP) is 0.643. The molecule has 1 saturated heterocycles. The predicted molar refractivity (Wildman–Crippen MR) is 91.1 cm³/mol. The van der Waals surface area contributed by atoms with Gasteiger partial charge >= 0.3 is 11.9 Å². The quantitative estimate of drug-likeness (QED) is 0.708. The van der Waals surface area contributed by atoms with Gasteiger partial charge in [-0.3, -0.25) is 14.4 Å². The van der Waals surface area contributed by atoms with E-state index in [-0.39, 0.29) is 31.8 Å². The van der Waals surface area contributed by atoms with Crippen LogP contribution in [-0.4, -0.2) is 67.4 Å². The fraction of sp³-hybridized carbons (Fsp3) is 0.500. The van der Waals surface area contributed by atoms with Gasteiger partial charge in [-0.2, -0.15) is 0 Å². The van der Waals surface area contributed by atoms with Gasteiger partial charge < -0.3 is 29.3 Å². The number of carboxylic acids is 2. The lowest BCUT2D eigenvalue weighted by atomic mass is 9.97. The molecule has 1 aliphatic carbocycles. The van der Waals surface area contributed by atoms with Crippen LogP contribution in [0.25, 0.3) is 0 Å². The molecule has 1 amide bonds. The largest absolute Gasteiger partial charge is 0.493 e. The Labute approximate surface area is 155 Å². The number of piperidine rings is 1. The number of methoxy groups -OCH3 is 3.